The highest BCUT2D eigenvalue weighted by atomic mass is 16.3. The second kappa shape index (κ2) is 8.72. The molecular formula is C24H24N2O2. The zero-order valence-corrected chi connectivity index (χ0v) is 15.8. The monoisotopic (exact) mass is 372 g/mol. The van der Waals surface area contributed by atoms with E-state index in [1.807, 2.05) is 48.5 Å². The average Bonchev–Trinajstić information content (AvgIpc) is 3.27. The van der Waals surface area contributed by atoms with E-state index < -0.39 is 0 Å². The lowest BCUT2D eigenvalue weighted by atomic mass is 9.99. The fraction of sp³-hybridized carbons (Fsp3) is 0.208. The number of nitrogens with zero attached hydrogens (tertiary/aromatic N) is 2. The van der Waals surface area contributed by atoms with Gasteiger partial charge in [0.15, 0.2) is 0 Å². The van der Waals surface area contributed by atoms with E-state index in [-0.39, 0.29) is 5.91 Å². The molecule has 0 unspecified atom stereocenters. The molecule has 1 amide bonds. The molecule has 2 heterocycles. The average molecular weight is 372 g/mol. The van der Waals surface area contributed by atoms with Gasteiger partial charge < -0.3 is 9.32 Å². The van der Waals surface area contributed by atoms with E-state index in [0.717, 1.165) is 31.0 Å². The molecule has 0 bridgehead atoms. The van der Waals surface area contributed by atoms with Crippen LogP contribution in [0.25, 0.3) is 5.57 Å². The van der Waals surface area contributed by atoms with Crippen LogP contribution in [0.4, 0.5) is 5.69 Å². The van der Waals surface area contributed by atoms with Crippen LogP contribution in [0.5, 0.6) is 0 Å². The molecule has 0 fully saturated rings. The number of benzene rings is 2. The maximum absolute atomic E-state index is 13.1. The summed E-state index contributed by atoms with van der Waals surface area (Å²) in [7, 11) is 0. The van der Waals surface area contributed by atoms with Crippen molar-refractivity contribution in [3.8, 4) is 0 Å². The SMILES string of the molecule is O=C(CN1CC=C(c2ccccc2)CC1)N(Cc1ccco1)c1ccccc1. The summed E-state index contributed by atoms with van der Waals surface area (Å²) in [6, 6.07) is 24.0. The Morgan fingerprint density at radius 1 is 0.964 bits per heavy atom. The maximum Gasteiger partial charge on any atom is 0.241 e. The predicted octanol–water partition coefficient (Wildman–Crippen LogP) is 4.60. The Kier molecular flexibility index (Phi) is 5.69. The minimum absolute atomic E-state index is 0.0826. The quantitative estimate of drug-likeness (QED) is 0.634. The van der Waals surface area contributed by atoms with E-state index in [9.17, 15) is 4.79 Å². The van der Waals surface area contributed by atoms with Gasteiger partial charge in [-0.2, -0.15) is 0 Å². The van der Waals surface area contributed by atoms with Gasteiger partial charge in [-0.15, -0.1) is 0 Å². The molecule has 4 rings (SSSR count). The summed E-state index contributed by atoms with van der Waals surface area (Å²) >= 11 is 0. The topological polar surface area (TPSA) is 36.7 Å². The Morgan fingerprint density at radius 2 is 1.71 bits per heavy atom. The number of rotatable bonds is 6. The molecule has 28 heavy (non-hydrogen) atoms. The van der Waals surface area contributed by atoms with Crippen LogP contribution < -0.4 is 4.90 Å². The zero-order valence-electron chi connectivity index (χ0n) is 15.8. The van der Waals surface area contributed by atoms with Crippen molar-refractivity contribution in [1.29, 1.82) is 0 Å². The Bertz CT molecular complexity index is 918. The van der Waals surface area contributed by atoms with Crippen LogP contribution in [0.3, 0.4) is 0 Å². The van der Waals surface area contributed by atoms with Crippen LogP contribution in [0, 0.1) is 0 Å². The van der Waals surface area contributed by atoms with Crippen molar-refractivity contribution in [2.24, 2.45) is 0 Å². The highest BCUT2D eigenvalue weighted by molar-refractivity contribution is 5.94. The van der Waals surface area contributed by atoms with Crippen molar-refractivity contribution in [1.82, 2.24) is 4.90 Å². The minimum Gasteiger partial charge on any atom is -0.467 e. The second-order valence-corrected chi connectivity index (χ2v) is 6.98. The number of furan rings is 1. The summed E-state index contributed by atoms with van der Waals surface area (Å²) < 4.78 is 5.47. The van der Waals surface area contributed by atoms with E-state index in [2.05, 4.69) is 35.2 Å². The lowest BCUT2D eigenvalue weighted by Crippen LogP contribution is -2.41. The van der Waals surface area contributed by atoms with Gasteiger partial charge in [0, 0.05) is 18.8 Å². The molecule has 0 aliphatic carbocycles. The Hall–Kier alpha value is -3.11. The molecule has 0 saturated carbocycles. The van der Waals surface area contributed by atoms with Gasteiger partial charge in [0.1, 0.15) is 5.76 Å². The Labute approximate surface area is 165 Å². The number of amides is 1. The molecule has 2 aromatic carbocycles. The van der Waals surface area contributed by atoms with Gasteiger partial charge in [0.2, 0.25) is 5.91 Å². The summed E-state index contributed by atoms with van der Waals surface area (Å²) in [5, 5.41) is 0. The summed E-state index contributed by atoms with van der Waals surface area (Å²) in [6.45, 7) is 2.51. The maximum atomic E-state index is 13.1. The van der Waals surface area contributed by atoms with E-state index in [1.54, 1.807) is 11.2 Å². The molecule has 142 valence electrons. The molecule has 0 atom stereocenters. The number of carbonyl (C=O) groups is 1. The van der Waals surface area contributed by atoms with Crippen LogP contribution in [-0.2, 0) is 11.3 Å². The van der Waals surface area contributed by atoms with Crippen molar-refractivity contribution in [3.05, 3.63) is 96.5 Å². The largest absolute Gasteiger partial charge is 0.467 e. The first-order valence-electron chi connectivity index (χ1n) is 9.64. The molecule has 4 nitrogen and oxygen atoms in total. The van der Waals surface area contributed by atoms with Gasteiger partial charge in [0.25, 0.3) is 0 Å². The molecule has 0 N–H and O–H groups in total. The minimum atomic E-state index is 0.0826. The second-order valence-electron chi connectivity index (χ2n) is 6.98. The van der Waals surface area contributed by atoms with Crippen LogP contribution >= 0.6 is 0 Å². The molecule has 3 aromatic rings. The number of carbonyl (C=O) groups excluding carboxylic acids is 1. The fourth-order valence-electron chi connectivity index (χ4n) is 3.54. The lowest BCUT2D eigenvalue weighted by molar-refractivity contribution is -0.119. The lowest BCUT2D eigenvalue weighted by Gasteiger charge is -2.29. The van der Waals surface area contributed by atoms with Crippen LogP contribution in [-0.4, -0.2) is 30.4 Å². The first kappa shape index (κ1) is 18.3. The fourth-order valence-corrected chi connectivity index (χ4v) is 3.54. The van der Waals surface area contributed by atoms with E-state index in [1.165, 1.54) is 11.1 Å². The summed E-state index contributed by atoms with van der Waals surface area (Å²) in [6.07, 6.45) is 4.84. The van der Waals surface area contributed by atoms with E-state index in [0.29, 0.717) is 13.1 Å². The van der Waals surface area contributed by atoms with Gasteiger partial charge in [-0.1, -0.05) is 54.6 Å². The van der Waals surface area contributed by atoms with Crippen LogP contribution in [0.2, 0.25) is 0 Å². The number of anilines is 1. The third kappa shape index (κ3) is 4.41. The predicted molar refractivity (Wildman–Crippen MR) is 112 cm³/mol. The summed E-state index contributed by atoms with van der Waals surface area (Å²) in [4.78, 5) is 17.1. The number of hydrogen-bond acceptors (Lipinski definition) is 3. The smallest absolute Gasteiger partial charge is 0.241 e. The van der Waals surface area contributed by atoms with Crippen molar-refractivity contribution in [2.75, 3.05) is 24.5 Å². The molecule has 0 saturated heterocycles. The molecule has 0 radical (unpaired) electrons. The molecule has 0 spiro atoms. The van der Waals surface area contributed by atoms with Crippen LogP contribution in [0.15, 0.2) is 89.6 Å². The zero-order chi connectivity index (χ0) is 19.2. The molecule has 1 aliphatic rings. The third-order valence-electron chi connectivity index (χ3n) is 5.06. The van der Waals surface area contributed by atoms with Crippen molar-refractivity contribution < 1.29 is 9.21 Å². The molecule has 1 aromatic heterocycles. The van der Waals surface area contributed by atoms with Gasteiger partial charge >= 0.3 is 0 Å². The number of hydrogen-bond donors (Lipinski definition) is 0. The van der Waals surface area contributed by atoms with E-state index in [4.69, 9.17) is 4.42 Å². The highest BCUT2D eigenvalue weighted by Gasteiger charge is 2.21. The van der Waals surface area contributed by atoms with Crippen LogP contribution in [0.1, 0.15) is 17.7 Å². The third-order valence-corrected chi connectivity index (χ3v) is 5.06. The molecular weight excluding hydrogens is 348 g/mol. The Morgan fingerprint density at radius 3 is 2.36 bits per heavy atom. The van der Waals surface area contributed by atoms with Crippen molar-refractivity contribution >= 4 is 17.2 Å². The first-order valence-corrected chi connectivity index (χ1v) is 9.64. The van der Waals surface area contributed by atoms with Crippen molar-refractivity contribution in [3.63, 3.8) is 0 Å². The molecule has 4 heteroatoms. The molecule has 1 aliphatic heterocycles. The highest BCUT2D eigenvalue weighted by Crippen LogP contribution is 2.23. The standard InChI is InChI=1S/C24H24N2O2/c27-24(19-25-15-13-21(14-16-25)20-8-3-1-4-9-20)26(18-23-12-7-17-28-23)22-10-5-2-6-11-22/h1-13,17H,14-16,18-19H2. The number of para-hydroxylation sites is 1. The van der Waals surface area contributed by atoms with E-state index >= 15 is 0 Å². The normalized spacial score (nSPS) is 14.5. The van der Waals surface area contributed by atoms with Gasteiger partial charge in [-0.25, -0.2) is 0 Å². The van der Waals surface area contributed by atoms with Gasteiger partial charge in [-0.3, -0.25) is 9.69 Å². The van der Waals surface area contributed by atoms with Crippen molar-refractivity contribution in [2.45, 2.75) is 13.0 Å². The van der Waals surface area contributed by atoms with Gasteiger partial charge in [0.05, 0.1) is 19.4 Å². The van der Waals surface area contributed by atoms with Gasteiger partial charge in [-0.05, 0) is 41.8 Å². The Balaban J connectivity index is 1.44. The summed E-state index contributed by atoms with van der Waals surface area (Å²) in [5.41, 5.74) is 3.53. The first-order chi connectivity index (χ1) is 13.8. The summed E-state index contributed by atoms with van der Waals surface area (Å²) in [5.74, 6) is 0.862.